The van der Waals surface area contributed by atoms with E-state index in [1.165, 1.54) is 24.8 Å². The zero-order valence-corrected chi connectivity index (χ0v) is 10.2. The predicted octanol–water partition coefficient (Wildman–Crippen LogP) is 4.53. The Kier molecular flexibility index (Phi) is 3.14. The monoisotopic (exact) mass is 202 g/mol. The van der Waals surface area contributed by atoms with Crippen molar-refractivity contribution in [1.82, 2.24) is 0 Å². The molecule has 1 aliphatic rings. The van der Waals surface area contributed by atoms with Gasteiger partial charge in [-0.25, -0.2) is 0 Å². The molecule has 0 radical (unpaired) electrons. The predicted molar refractivity (Wildman–Crippen MR) is 66.1 cm³/mol. The minimum absolute atomic E-state index is 0.810. The molecular weight excluding hydrogens is 180 g/mol. The minimum atomic E-state index is 0.810. The summed E-state index contributed by atoms with van der Waals surface area (Å²) in [6, 6.07) is 9.15. The molecule has 0 heteroatoms. The highest BCUT2D eigenvalue weighted by molar-refractivity contribution is 5.25. The van der Waals surface area contributed by atoms with Gasteiger partial charge in [-0.2, -0.15) is 0 Å². The largest absolute Gasteiger partial charge is 0.0625 e. The smallest absolute Gasteiger partial charge is 0.0157 e. The summed E-state index contributed by atoms with van der Waals surface area (Å²) in [5.74, 6) is 2.62. The third kappa shape index (κ3) is 2.62. The molecule has 0 bridgehead atoms. The van der Waals surface area contributed by atoms with Gasteiger partial charge in [0.25, 0.3) is 0 Å². The van der Waals surface area contributed by atoms with Crippen LogP contribution in [0.5, 0.6) is 0 Å². The van der Waals surface area contributed by atoms with Gasteiger partial charge in [0.1, 0.15) is 0 Å². The van der Waals surface area contributed by atoms with Crippen LogP contribution in [0.15, 0.2) is 24.3 Å². The fourth-order valence-corrected chi connectivity index (χ4v) is 3.06. The van der Waals surface area contributed by atoms with Crippen LogP contribution in [0.1, 0.15) is 50.2 Å². The number of rotatable bonds is 1. The zero-order chi connectivity index (χ0) is 10.8. The first kappa shape index (κ1) is 10.7. The maximum absolute atomic E-state index is 2.40. The van der Waals surface area contributed by atoms with Crippen LogP contribution in [-0.4, -0.2) is 0 Å². The first-order valence-corrected chi connectivity index (χ1v) is 6.21. The van der Waals surface area contributed by atoms with E-state index >= 15 is 0 Å². The molecule has 2 rings (SSSR count). The van der Waals surface area contributed by atoms with Gasteiger partial charge >= 0.3 is 0 Å². The van der Waals surface area contributed by atoms with E-state index in [-0.39, 0.29) is 0 Å². The molecule has 0 nitrogen and oxygen atoms in total. The lowest BCUT2D eigenvalue weighted by Gasteiger charge is -2.31. The van der Waals surface area contributed by atoms with E-state index in [2.05, 4.69) is 45.0 Å². The Labute approximate surface area is 93.7 Å². The Morgan fingerprint density at radius 3 is 1.93 bits per heavy atom. The van der Waals surface area contributed by atoms with Crippen molar-refractivity contribution >= 4 is 0 Å². The summed E-state index contributed by atoms with van der Waals surface area (Å²) in [7, 11) is 0. The van der Waals surface area contributed by atoms with Crippen LogP contribution in [0.2, 0.25) is 0 Å². The Hall–Kier alpha value is -0.780. The lowest BCUT2D eigenvalue weighted by Crippen LogP contribution is -2.18. The Morgan fingerprint density at radius 1 is 0.867 bits per heavy atom. The van der Waals surface area contributed by atoms with E-state index in [0.29, 0.717) is 0 Å². The van der Waals surface area contributed by atoms with Crippen molar-refractivity contribution in [3.63, 3.8) is 0 Å². The topological polar surface area (TPSA) is 0 Å². The highest BCUT2D eigenvalue weighted by Crippen LogP contribution is 2.38. The molecule has 0 saturated heterocycles. The fourth-order valence-electron chi connectivity index (χ4n) is 3.06. The molecule has 1 saturated carbocycles. The number of aryl methyl sites for hydroxylation is 1. The van der Waals surface area contributed by atoms with Crippen molar-refractivity contribution in [2.45, 2.75) is 46.0 Å². The van der Waals surface area contributed by atoms with E-state index < -0.39 is 0 Å². The first-order chi connectivity index (χ1) is 7.15. The van der Waals surface area contributed by atoms with Gasteiger partial charge in [-0.3, -0.25) is 0 Å². The summed E-state index contributed by atoms with van der Waals surface area (Å²) in [5.41, 5.74) is 2.93. The van der Waals surface area contributed by atoms with Crippen molar-refractivity contribution in [3.8, 4) is 0 Å². The lowest BCUT2D eigenvalue weighted by atomic mass is 9.74. The van der Waals surface area contributed by atoms with Gasteiger partial charge in [0.2, 0.25) is 0 Å². The molecule has 15 heavy (non-hydrogen) atoms. The SMILES string of the molecule is Cc1ccc(C2CC(C)CC(C)C2)cc1. The Bertz CT molecular complexity index is 299. The average Bonchev–Trinajstić information content (AvgIpc) is 2.17. The fraction of sp³-hybridized carbons (Fsp3) is 0.600. The van der Waals surface area contributed by atoms with Crippen LogP contribution in [0.4, 0.5) is 0 Å². The summed E-state index contributed by atoms with van der Waals surface area (Å²) in [6.07, 6.45) is 4.18. The van der Waals surface area contributed by atoms with Crippen molar-refractivity contribution in [2.75, 3.05) is 0 Å². The van der Waals surface area contributed by atoms with Crippen molar-refractivity contribution in [3.05, 3.63) is 35.4 Å². The van der Waals surface area contributed by atoms with Gasteiger partial charge in [0.05, 0.1) is 0 Å². The van der Waals surface area contributed by atoms with Crippen LogP contribution in [0, 0.1) is 18.8 Å². The van der Waals surface area contributed by atoms with Gasteiger partial charge in [-0.15, -0.1) is 0 Å². The van der Waals surface area contributed by atoms with Crippen molar-refractivity contribution in [1.29, 1.82) is 0 Å². The average molecular weight is 202 g/mol. The molecule has 1 fully saturated rings. The molecule has 0 aromatic heterocycles. The first-order valence-electron chi connectivity index (χ1n) is 6.21. The normalized spacial score (nSPS) is 31.5. The van der Waals surface area contributed by atoms with E-state index in [0.717, 1.165) is 17.8 Å². The summed E-state index contributed by atoms with van der Waals surface area (Å²) in [5, 5.41) is 0. The molecule has 0 N–H and O–H groups in total. The molecule has 2 unspecified atom stereocenters. The second kappa shape index (κ2) is 4.38. The number of hydrogen-bond donors (Lipinski definition) is 0. The summed E-state index contributed by atoms with van der Waals surface area (Å²) < 4.78 is 0. The number of benzene rings is 1. The minimum Gasteiger partial charge on any atom is -0.0625 e. The van der Waals surface area contributed by atoms with E-state index in [1.54, 1.807) is 5.56 Å². The molecule has 0 spiro atoms. The lowest BCUT2D eigenvalue weighted by molar-refractivity contribution is 0.268. The third-order valence-corrected chi connectivity index (χ3v) is 3.73. The molecule has 1 aliphatic carbocycles. The molecule has 0 aliphatic heterocycles. The van der Waals surface area contributed by atoms with Crippen LogP contribution in [0.3, 0.4) is 0 Å². The maximum atomic E-state index is 2.40. The van der Waals surface area contributed by atoms with Gasteiger partial charge in [0.15, 0.2) is 0 Å². The second-order valence-corrected chi connectivity index (χ2v) is 5.53. The van der Waals surface area contributed by atoms with Crippen LogP contribution < -0.4 is 0 Å². The Balaban J connectivity index is 2.12. The summed E-state index contributed by atoms with van der Waals surface area (Å²) in [4.78, 5) is 0. The molecule has 82 valence electrons. The molecule has 2 atom stereocenters. The number of hydrogen-bond acceptors (Lipinski definition) is 0. The van der Waals surface area contributed by atoms with Crippen LogP contribution in [0.25, 0.3) is 0 Å². The van der Waals surface area contributed by atoms with E-state index in [1.807, 2.05) is 0 Å². The van der Waals surface area contributed by atoms with Crippen molar-refractivity contribution < 1.29 is 0 Å². The van der Waals surface area contributed by atoms with E-state index in [4.69, 9.17) is 0 Å². The standard InChI is InChI=1S/C15H22/c1-11-4-6-14(7-5-11)15-9-12(2)8-13(3)10-15/h4-7,12-13,15H,8-10H2,1-3H3. The molecular formula is C15H22. The second-order valence-electron chi connectivity index (χ2n) is 5.53. The van der Waals surface area contributed by atoms with Gasteiger partial charge in [-0.1, -0.05) is 43.7 Å². The van der Waals surface area contributed by atoms with Crippen LogP contribution >= 0.6 is 0 Å². The van der Waals surface area contributed by atoms with Gasteiger partial charge in [0, 0.05) is 0 Å². The van der Waals surface area contributed by atoms with Gasteiger partial charge < -0.3 is 0 Å². The summed E-state index contributed by atoms with van der Waals surface area (Å²) >= 11 is 0. The summed E-state index contributed by atoms with van der Waals surface area (Å²) in [6.45, 7) is 6.96. The molecule has 0 amide bonds. The van der Waals surface area contributed by atoms with Crippen molar-refractivity contribution in [2.24, 2.45) is 11.8 Å². The highest BCUT2D eigenvalue weighted by Gasteiger charge is 2.24. The zero-order valence-electron chi connectivity index (χ0n) is 10.2. The third-order valence-electron chi connectivity index (χ3n) is 3.73. The van der Waals surface area contributed by atoms with E-state index in [9.17, 15) is 0 Å². The van der Waals surface area contributed by atoms with Crippen LogP contribution in [-0.2, 0) is 0 Å². The molecule has 0 heterocycles. The maximum Gasteiger partial charge on any atom is -0.0157 e. The quantitative estimate of drug-likeness (QED) is 0.627. The molecule has 1 aromatic rings. The highest BCUT2D eigenvalue weighted by atomic mass is 14.3. The van der Waals surface area contributed by atoms with Gasteiger partial charge in [-0.05, 0) is 49.5 Å². The molecule has 1 aromatic carbocycles. The Morgan fingerprint density at radius 2 is 1.40 bits per heavy atom.